The fraction of sp³-hybridized carbons (Fsp3) is 0.364. The molecule has 0 aliphatic heterocycles. The van der Waals surface area contributed by atoms with Gasteiger partial charge in [-0.05, 0) is 18.2 Å². The number of halogens is 3. The van der Waals surface area contributed by atoms with Crippen molar-refractivity contribution in [3.8, 4) is 0 Å². The van der Waals surface area contributed by atoms with Crippen molar-refractivity contribution in [1.82, 2.24) is 4.72 Å². The number of nitrogens with one attached hydrogen (secondary N) is 2. The minimum atomic E-state index is -4.61. The highest BCUT2D eigenvalue weighted by Gasteiger charge is 2.31. The Bertz CT molecular complexity index is 599. The molecule has 0 spiro atoms. The first-order valence-corrected chi connectivity index (χ1v) is 7.03. The summed E-state index contributed by atoms with van der Waals surface area (Å²) in [6.45, 7) is 1.37. The van der Waals surface area contributed by atoms with Crippen molar-refractivity contribution in [3.63, 3.8) is 0 Å². The number of nitrogens with two attached hydrogens (primary N) is 1. The minimum absolute atomic E-state index is 0.159. The molecular weight excluding hydrogens is 295 g/mol. The van der Waals surface area contributed by atoms with Crippen molar-refractivity contribution in [1.29, 1.82) is 5.41 Å². The van der Waals surface area contributed by atoms with Crippen LogP contribution in [0.3, 0.4) is 0 Å². The molecule has 1 atom stereocenters. The summed E-state index contributed by atoms with van der Waals surface area (Å²) in [6, 6.07) is 3.43. The van der Waals surface area contributed by atoms with E-state index < -0.39 is 32.6 Å². The summed E-state index contributed by atoms with van der Waals surface area (Å²) in [6.07, 6.45) is -4.61. The van der Waals surface area contributed by atoms with Gasteiger partial charge in [0.1, 0.15) is 0 Å². The lowest BCUT2D eigenvalue weighted by Crippen LogP contribution is -2.34. The largest absolute Gasteiger partial charge is 0.416 e. The highest BCUT2D eigenvalue weighted by Crippen LogP contribution is 2.30. The maximum absolute atomic E-state index is 12.5. The quantitative estimate of drug-likeness (QED) is 0.569. The Morgan fingerprint density at radius 3 is 2.55 bits per heavy atom. The second-order valence-electron chi connectivity index (χ2n) is 4.23. The molecule has 0 aliphatic rings. The smallest absolute Gasteiger partial charge is 0.387 e. The molecule has 0 bridgehead atoms. The van der Waals surface area contributed by atoms with E-state index in [1.807, 2.05) is 0 Å². The summed E-state index contributed by atoms with van der Waals surface area (Å²) in [5.74, 6) is -0.757. The number of benzene rings is 1. The van der Waals surface area contributed by atoms with Gasteiger partial charge in [-0.2, -0.15) is 13.2 Å². The molecular formula is C11H14F3N3O2S. The highest BCUT2D eigenvalue weighted by molar-refractivity contribution is 7.89. The zero-order valence-corrected chi connectivity index (χ0v) is 11.3. The van der Waals surface area contributed by atoms with Gasteiger partial charge < -0.3 is 5.73 Å². The van der Waals surface area contributed by atoms with Crippen LogP contribution in [-0.4, -0.2) is 20.8 Å². The van der Waals surface area contributed by atoms with Crippen LogP contribution in [-0.2, 0) is 16.2 Å². The van der Waals surface area contributed by atoms with Crippen LogP contribution in [0.15, 0.2) is 29.2 Å². The van der Waals surface area contributed by atoms with Crippen LogP contribution in [0.5, 0.6) is 0 Å². The topological polar surface area (TPSA) is 96.0 Å². The number of sulfonamides is 1. The molecule has 0 radical (unpaired) electrons. The molecule has 0 fully saturated rings. The van der Waals surface area contributed by atoms with E-state index in [9.17, 15) is 21.6 Å². The third-order valence-corrected chi connectivity index (χ3v) is 4.00. The van der Waals surface area contributed by atoms with E-state index in [0.29, 0.717) is 6.07 Å². The molecule has 1 aromatic rings. The molecule has 0 aliphatic carbocycles. The molecule has 1 aromatic carbocycles. The zero-order valence-electron chi connectivity index (χ0n) is 10.5. The van der Waals surface area contributed by atoms with E-state index in [4.69, 9.17) is 11.1 Å². The first kappa shape index (κ1) is 16.4. The van der Waals surface area contributed by atoms with E-state index in [2.05, 4.69) is 4.72 Å². The molecule has 20 heavy (non-hydrogen) atoms. The molecule has 0 amide bonds. The van der Waals surface area contributed by atoms with Crippen LogP contribution in [0.25, 0.3) is 0 Å². The fourth-order valence-electron chi connectivity index (χ4n) is 1.27. The van der Waals surface area contributed by atoms with Crippen molar-refractivity contribution < 1.29 is 21.6 Å². The summed E-state index contributed by atoms with van der Waals surface area (Å²) >= 11 is 0. The van der Waals surface area contributed by atoms with Crippen LogP contribution in [0.4, 0.5) is 13.2 Å². The van der Waals surface area contributed by atoms with Crippen LogP contribution < -0.4 is 10.5 Å². The lowest BCUT2D eigenvalue weighted by Gasteiger charge is -2.13. The lowest BCUT2D eigenvalue weighted by atomic mass is 10.2. The van der Waals surface area contributed by atoms with Gasteiger partial charge in [0.05, 0.1) is 16.3 Å². The van der Waals surface area contributed by atoms with E-state index in [1.54, 1.807) is 0 Å². The van der Waals surface area contributed by atoms with Crippen molar-refractivity contribution in [2.75, 3.05) is 6.54 Å². The van der Waals surface area contributed by atoms with Gasteiger partial charge in [-0.1, -0.05) is 13.0 Å². The van der Waals surface area contributed by atoms with E-state index in [-0.39, 0.29) is 12.4 Å². The summed E-state index contributed by atoms with van der Waals surface area (Å²) in [4.78, 5) is -0.483. The summed E-state index contributed by atoms with van der Waals surface area (Å²) in [5.41, 5.74) is 4.14. The van der Waals surface area contributed by atoms with Crippen LogP contribution in [0.2, 0.25) is 0 Å². The Labute approximate surface area is 114 Å². The standard InChI is InChI=1S/C11H14F3N3O2S/c1-7(10(15)16)6-17-20(18,19)9-4-2-3-8(5-9)11(12,13)14/h2-5,7,17H,6H2,1H3,(H3,15,16). The molecule has 9 heteroatoms. The van der Waals surface area contributed by atoms with Gasteiger partial charge in [0.25, 0.3) is 0 Å². The molecule has 0 saturated carbocycles. The number of rotatable bonds is 5. The molecule has 0 heterocycles. The van der Waals surface area contributed by atoms with Gasteiger partial charge in [0.15, 0.2) is 0 Å². The summed E-state index contributed by atoms with van der Waals surface area (Å²) in [7, 11) is -4.07. The Morgan fingerprint density at radius 2 is 2.05 bits per heavy atom. The lowest BCUT2D eigenvalue weighted by molar-refractivity contribution is -0.137. The average molecular weight is 309 g/mol. The van der Waals surface area contributed by atoms with Gasteiger partial charge in [0, 0.05) is 12.5 Å². The Kier molecular flexibility index (Phi) is 4.77. The third kappa shape index (κ3) is 4.20. The minimum Gasteiger partial charge on any atom is -0.387 e. The SMILES string of the molecule is CC(CNS(=O)(=O)c1cccc(C(F)(F)F)c1)C(=N)N. The average Bonchev–Trinajstić information content (AvgIpc) is 2.35. The molecule has 0 aromatic heterocycles. The maximum Gasteiger partial charge on any atom is 0.416 e. The third-order valence-electron chi connectivity index (χ3n) is 2.58. The van der Waals surface area contributed by atoms with Gasteiger partial charge in [-0.15, -0.1) is 0 Å². The predicted octanol–water partition coefficient (Wildman–Crippen LogP) is 1.56. The zero-order chi connectivity index (χ0) is 15.6. The maximum atomic E-state index is 12.5. The monoisotopic (exact) mass is 309 g/mol. The fourth-order valence-corrected chi connectivity index (χ4v) is 2.44. The molecule has 0 saturated heterocycles. The second kappa shape index (κ2) is 5.80. The van der Waals surface area contributed by atoms with E-state index in [0.717, 1.165) is 18.2 Å². The molecule has 5 nitrogen and oxygen atoms in total. The first-order chi connectivity index (χ1) is 9.04. The number of amidine groups is 1. The summed E-state index contributed by atoms with van der Waals surface area (Å²) < 4.78 is 63.4. The molecule has 1 unspecified atom stereocenters. The van der Waals surface area contributed by atoms with Crippen molar-refractivity contribution in [3.05, 3.63) is 29.8 Å². The molecule has 4 N–H and O–H groups in total. The number of hydrogen-bond donors (Lipinski definition) is 3. The van der Waals surface area contributed by atoms with Crippen LogP contribution in [0, 0.1) is 11.3 Å². The van der Waals surface area contributed by atoms with Crippen LogP contribution >= 0.6 is 0 Å². The van der Waals surface area contributed by atoms with Crippen LogP contribution in [0.1, 0.15) is 12.5 Å². The van der Waals surface area contributed by atoms with Gasteiger partial charge >= 0.3 is 6.18 Å². The van der Waals surface area contributed by atoms with Crippen molar-refractivity contribution in [2.24, 2.45) is 11.7 Å². The first-order valence-electron chi connectivity index (χ1n) is 5.55. The van der Waals surface area contributed by atoms with Crippen molar-refractivity contribution in [2.45, 2.75) is 18.0 Å². The second-order valence-corrected chi connectivity index (χ2v) is 6.00. The van der Waals surface area contributed by atoms with Gasteiger partial charge in [0.2, 0.25) is 10.0 Å². The highest BCUT2D eigenvalue weighted by atomic mass is 32.2. The number of hydrogen-bond acceptors (Lipinski definition) is 3. The van der Waals surface area contributed by atoms with E-state index in [1.165, 1.54) is 6.92 Å². The number of alkyl halides is 3. The van der Waals surface area contributed by atoms with Gasteiger partial charge in [-0.25, -0.2) is 13.1 Å². The van der Waals surface area contributed by atoms with Gasteiger partial charge in [-0.3, -0.25) is 5.41 Å². The normalized spacial score (nSPS) is 14.0. The molecule has 112 valence electrons. The Hall–Kier alpha value is -1.61. The Morgan fingerprint density at radius 1 is 1.45 bits per heavy atom. The Balaban J connectivity index is 2.96. The van der Waals surface area contributed by atoms with E-state index >= 15 is 0 Å². The molecule has 1 rings (SSSR count). The predicted molar refractivity (Wildman–Crippen MR) is 67.7 cm³/mol. The van der Waals surface area contributed by atoms with Crippen molar-refractivity contribution >= 4 is 15.9 Å². The summed E-state index contributed by atoms with van der Waals surface area (Å²) in [5, 5.41) is 7.12.